The number of nitrogens with zero attached hydrogens (tertiary/aromatic N) is 1. The minimum absolute atomic E-state index is 0. The predicted molar refractivity (Wildman–Crippen MR) is 85.3 cm³/mol. The van der Waals surface area contributed by atoms with Gasteiger partial charge in [-0.05, 0) is 23.3 Å². The lowest BCUT2D eigenvalue weighted by Crippen LogP contribution is -2.39. The van der Waals surface area contributed by atoms with Crippen molar-refractivity contribution >= 4 is 41.3 Å². The second-order valence-electron chi connectivity index (χ2n) is 4.89. The molecule has 0 bridgehead atoms. The van der Waals surface area contributed by atoms with Crippen molar-refractivity contribution in [3.8, 4) is 0 Å². The number of nitrogens with one attached hydrogen (secondary N) is 2. The molecule has 1 aliphatic carbocycles. The molecule has 1 atom stereocenters. The Morgan fingerprint density at radius 2 is 2.29 bits per heavy atom. The predicted octanol–water partition coefficient (Wildman–Crippen LogP) is 2.83. The van der Waals surface area contributed by atoms with Gasteiger partial charge in [0, 0.05) is 18.0 Å². The quantitative estimate of drug-likeness (QED) is 0.491. The van der Waals surface area contributed by atoms with Crippen LogP contribution >= 0.6 is 35.3 Å². The largest absolute Gasteiger partial charge is 0.353 e. The summed E-state index contributed by atoms with van der Waals surface area (Å²) in [5, 5.41) is 8.86. The van der Waals surface area contributed by atoms with Gasteiger partial charge in [0.05, 0.1) is 6.54 Å². The first-order valence-electron chi connectivity index (χ1n) is 5.61. The maximum absolute atomic E-state index is 4.23. The number of rotatable bonds is 3. The summed E-state index contributed by atoms with van der Waals surface area (Å²) in [6, 6.07) is 4.77. The molecular formula is C12H20IN3S. The van der Waals surface area contributed by atoms with Crippen LogP contribution in [0.5, 0.6) is 0 Å². The Labute approximate surface area is 124 Å². The molecule has 0 aliphatic heterocycles. The molecule has 0 aromatic carbocycles. The average molecular weight is 365 g/mol. The molecule has 0 spiro atoms. The number of aliphatic imine (C=N–C) groups is 1. The standard InChI is InChI=1S/C12H19N3S.HI/c1-12(2)7-10(12)15-11(13-3)14-8-9-5-4-6-16-9;/h4-6,10H,7-8H2,1-3H3,(H2,13,14,15);1H. The van der Waals surface area contributed by atoms with Gasteiger partial charge in [-0.1, -0.05) is 19.9 Å². The van der Waals surface area contributed by atoms with Gasteiger partial charge >= 0.3 is 0 Å². The van der Waals surface area contributed by atoms with E-state index < -0.39 is 0 Å². The topological polar surface area (TPSA) is 36.4 Å². The van der Waals surface area contributed by atoms with Crippen LogP contribution in [0.2, 0.25) is 0 Å². The number of guanidine groups is 1. The molecule has 1 unspecified atom stereocenters. The molecule has 1 aromatic rings. The van der Waals surface area contributed by atoms with Crippen LogP contribution in [-0.2, 0) is 6.54 Å². The molecular weight excluding hydrogens is 345 g/mol. The van der Waals surface area contributed by atoms with Crippen molar-refractivity contribution in [2.45, 2.75) is 32.9 Å². The lowest BCUT2D eigenvalue weighted by molar-refractivity contribution is 0.589. The molecule has 1 fully saturated rings. The Morgan fingerprint density at radius 3 is 2.76 bits per heavy atom. The van der Waals surface area contributed by atoms with Crippen LogP contribution < -0.4 is 10.6 Å². The summed E-state index contributed by atoms with van der Waals surface area (Å²) >= 11 is 1.76. The number of hydrogen-bond acceptors (Lipinski definition) is 2. The van der Waals surface area contributed by atoms with Crippen LogP contribution in [0.1, 0.15) is 25.1 Å². The summed E-state index contributed by atoms with van der Waals surface area (Å²) < 4.78 is 0. The molecule has 0 amide bonds. The fourth-order valence-electron chi connectivity index (χ4n) is 1.66. The monoisotopic (exact) mass is 365 g/mol. The number of thiophene rings is 1. The van der Waals surface area contributed by atoms with Crippen LogP contribution in [0.25, 0.3) is 0 Å². The minimum Gasteiger partial charge on any atom is -0.353 e. The maximum atomic E-state index is 4.23. The van der Waals surface area contributed by atoms with Gasteiger partial charge in [-0.2, -0.15) is 0 Å². The van der Waals surface area contributed by atoms with Crippen LogP contribution in [0.4, 0.5) is 0 Å². The molecule has 0 saturated heterocycles. The van der Waals surface area contributed by atoms with E-state index in [1.54, 1.807) is 11.3 Å². The smallest absolute Gasteiger partial charge is 0.191 e. The SMILES string of the molecule is CN=C(NCc1cccs1)NC1CC1(C)C.I. The lowest BCUT2D eigenvalue weighted by Gasteiger charge is -2.12. The molecule has 1 heterocycles. The lowest BCUT2D eigenvalue weighted by atomic mass is 10.2. The first-order chi connectivity index (χ1) is 7.62. The molecule has 1 aliphatic rings. The van der Waals surface area contributed by atoms with Crippen LogP contribution in [0.15, 0.2) is 22.5 Å². The van der Waals surface area contributed by atoms with Crippen molar-refractivity contribution < 1.29 is 0 Å². The molecule has 2 rings (SSSR count). The zero-order valence-electron chi connectivity index (χ0n) is 10.5. The van der Waals surface area contributed by atoms with E-state index in [2.05, 4.69) is 47.0 Å². The molecule has 3 nitrogen and oxygen atoms in total. The first-order valence-corrected chi connectivity index (χ1v) is 6.49. The fraction of sp³-hybridized carbons (Fsp3) is 0.583. The van der Waals surface area contributed by atoms with Crippen molar-refractivity contribution in [2.24, 2.45) is 10.4 Å². The van der Waals surface area contributed by atoms with Crippen LogP contribution in [0, 0.1) is 5.41 Å². The highest BCUT2D eigenvalue weighted by atomic mass is 127. The van der Waals surface area contributed by atoms with Gasteiger partial charge in [-0.3, -0.25) is 4.99 Å². The normalized spacial score (nSPS) is 21.6. The Balaban J connectivity index is 0.00000144. The van der Waals surface area contributed by atoms with Gasteiger partial charge in [-0.15, -0.1) is 35.3 Å². The van der Waals surface area contributed by atoms with E-state index in [-0.39, 0.29) is 24.0 Å². The van der Waals surface area contributed by atoms with E-state index in [0.717, 1.165) is 12.5 Å². The highest BCUT2D eigenvalue weighted by Gasteiger charge is 2.46. The zero-order valence-corrected chi connectivity index (χ0v) is 13.6. The van der Waals surface area contributed by atoms with Gasteiger partial charge < -0.3 is 10.6 Å². The Kier molecular flexibility index (Phi) is 5.24. The highest BCUT2D eigenvalue weighted by Crippen LogP contribution is 2.44. The molecule has 1 aromatic heterocycles. The molecule has 2 N–H and O–H groups in total. The van der Waals surface area contributed by atoms with Crippen molar-refractivity contribution in [1.82, 2.24) is 10.6 Å². The fourth-order valence-corrected chi connectivity index (χ4v) is 2.30. The Hall–Kier alpha value is -0.300. The third-order valence-corrected chi connectivity index (χ3v) is 3.93. The van der Waals surface area contributed by atoms with E-state index in [9.17, 15) is 0 Å². The van der Waals surface area contributed by atoms with Crippen LogP contribution in [0.3, 0.4) is 0 Å². The summed E-state index contributed by atoms with van der Waals surface area (Å²) in [6.45, 7) is 5.40. The number of halogens is 1. The Bertz CT molecular complexity index is 373. The van der Waals surface area contributed by atoms with Gasteiger partial charge in [-0.25, -0.2) is 0 Å². The van der Waals surface area contributed by atoms with E-state index in [1.807, 2.05) is 7.05 Å². The van der Waals surface area contributed by atoms with Gasteiger partial charge in [0.15, 0.2) is 5.96 Å². The second-order valence-corrected chi connectivity index (χ2v) is 5.93. The molecule has 0 radical (unpaired) electrons. The third-order valence-electron chi connectivity index (χ3n) is 3.06. The van der Waals surface area contributed by atoms with Crippen molar-refractivity contribution in [1.29, 1.82) is 0 Å². The number of hydrogen-bond donors (Lipinski definition) is 2. The zero-order chi connectivity index (χ0) is 11.6. The van der Waals surface area contributed by atoms with Gasteiger partial charge in [0.1, 0.15) is 0 Å². The Morgan fingerprint density at radius 1 is 1.59 bits per heavy atom. The van der Waals surface area contributed by atoms with E-state index in [4.69, 9.17) is 0 Å². The summed E-state index contributed by atoms with van der Waals surface area (Å²) in [7, 11) is 1.82. The highest BCUT2D eigenvalue weighted by molar-refractivity contribution is 14.0. The minimum atomic E-state index is 0. The van der Waals surface area contributed by atoms with Crippen molar-refractivity contribution in [3.05, 3.63) is 22.4 Å². The molecule has 5 heteroatoms. The third kappa shape index (κ3) is 4.13. The van der Waals surface area contributed by atoms with Crippen molar-refractivity contribution in [2.75, 3.05) is 7.05 Å². The maximum Gasteiger partial charge on any atom is 0.191 e. The molecule has 1 saturated carbocycles. The molecule has 96 valence electrons. The van der Waals surface area contributed by atoms with E-state index >= 15 is 0 Å². The summed E-state index contributed by atoms with van der Waals surface area (Å²) in [6.07, 6.45) is 1.23. The van der Waals surface area contributed by atoms with Crippen molar-refractivity contribution in [3.63, 3.8) is 0 Å². The summed E-state index contributed by atoms with van der Waals surface area (Å²) in [5.41, 5.74) is 0.431. The first kappa shape index (κ1) is 14.8. The van der Waals surface area contributed by atoms with Crippen LogP contribution in [-0.4, -0.2) is 19.0 Å². The molecule has 17 heavy (non-hydrogen) atoms. The second kappa shape index (κ2) is 6.04. The van der Waals surface area contributed by atoms with E-state index in [0.29, 0.717) is 11.5 Å². The van der Waals surface area contributed by atoms with Gasteiger partial charge in [0.2, 0.25) is 0 Å². The van der Waals surface area contributed by atoms with Gasteiger partial charge in [0.25, 0.3) is 0 Å². The average Bonchev–Trinajstić information content (AvgIpc) is 2.71. The van der Waals surface area contributed by atoms with E-state index in [1.165, 1.54) is 11.3 Å². The summed E-state index contributed by atoms with van der Waals surface area (Å²) in [4.78, 5) is 5.56. The summed E-state index contributed by atoms with van der Waals surface area (Å²) in [5.74, 6) is 0.906.